The van der Waals surface area contributed by atoms with Crippen LogP contribution in [-0.2, 0) is 12.8 Å². The van der Waals surface area contributed by atoms with E-state index in [2.05, 4.69) is 182 Å². The zero-order chi connectivity index (χ0) is 43.0. The lowest BCUT2D eigenvalue weighted by atomic mass is 9.99. The minimum absolute atomic E-state index is 0.624. The maximum Gasteiger partial charge on any atom is 0.164 e. The monoisotopic (exact) mass is 828 g/mol. The summed E-state index contributed by atoms with van der Waals surface area (Å²) >= 11 is 0. The van der Waals surface area contributed by atoms with Crippen LogP contribution in [-0.4, -0.2) is 19.5 Å². The summed E-state index contributed by atoms with van der Waals surface area (Å²) in [6.07, 6.45) is 6.83. The van der Waals surface area contributed by atoms with Crippen LogP contribution in [0.15, 0.2) is 186 Å². The second-order valence-electron chi connectivity index (χ2n) is 16.9. The molecule has 0 atom stereocenters. The van der Waals surface area contributed by atoms with Crippen molar-refractivity contribution >= 4 is 43.7 Å². The molecule has 0 aliphatic carbocycles. The summed E-state index contributed by atoms with van der Waals surface area (Å²) in [6, 6.07) is 65.0. The first kappa shape index (κ1) is 39.2. The van der Waals surface area contributed by atoms with Crippen LogP contribution >= 0.6 is 0 Å². The van der Waals surface area contributed by atoms with Crippen LogP contribution in [0.1, 0.15) is 50.7 Å². The lowest BCUT2D eigenvalue weighted by Gasteiger charge is -2.12. The first-order chi connectivity index (χ1) is 31.6. The number of aryl methyl sites for hydroxylation is 2. The van der Waals surface area contributed by atoms with Crippen molar-refractivity contribution in [3.63, 3.8) is 0 Å². The molecule has 3 heterocycles. The standard InChI is InChI=1S/C59H48N4O/c1-3-5-15-39-27-29-40(30-28-39)43-20-12-21-46(35-43)58-60-57(42-17-8-7-9-18-42)61-59(62-58)47-22-13-23-48(36-47)63-53-26-11-10-24-49(53)51-37-44(31-33-54(51)63)45-32-34-55-52(38-45)50-25-14-19-41(16-6-4-2)56(50)64-55/h7-14,17-38H,3-6,15-16H2,1-2H3. The van der Waals surface area contributed by atoms with Crippen LogP contribution in [0.2, 0.25) is 0 Å². The molecule has 11 rings (SSSR count). The van der Waals surface area contributed by atoms with E-state index >= 15 is 0 Å². The molecule has 0 unspecified atom stereocenters. The van der Waals surface area contributed by atoms with Gasteiger partial charge in [-0.1, -0.05) is 160 Å². The molecule has 0 radical (unpaired) electrons. The molecule has 0 aliphatic heterocycles. The van der Waals surface area contributed by atoms with Gasteiger partial charge in [0.1, 0.15) is 11.2 Å². The predicted molar refractivity (Wildman–Crippen MR) is 266 cm³/mol. The van der Waals surface area contributed by atoms with Crippen molar-refractivity contribution in [3.05, 3.63) is 193 Å². The van der Waals surface area contributed by atoms with Crippen molar-refractivity contribution in [2.24, 2.45) is 0 Å². The number of furan rings is 1. The third kappa shape index (κ3) is 7.33. The number of aromatic nitrogens is 4. The lowest BCUT2D eigenvalue weighted by molar-refractivity contribution is 0.658. The Morgan fingerprint density at radius 3 is 1.78 bits per heavy atom. The molecule has 64 heavy (non-hydrogen) atoms. The molecular formula is C59H48N4O. The molecule has 3 aromatic heterocycles. The molecule has 0 amide bonds. The Labute approximate surface area is 373 Å². The fraction of sp³-hybridized carbons (Fsp3) is 0.136. The van der Waals surface area contributed by atoms with Gasteiger partial charge in [0.15, 0.2) is 17.5 Å². The maximum absolute atomic E-state index is 6.47. The van der Waals surface area contributed by atoms with E-state index in [1.54, 1.807) is 0 Å². The van der Waals surface area contributed by atoms with Crippen LogP contribution in [0.4, 0.5) is 0 Å². The fourth-order valence-electron chi connectivity index (χ4n) is 9.25. The molecule has 5 heteroatoms. The minimum Gasteiger partial charge on any atom is -0.456 e. The highest BCUT2D eigenvalue weighted by atomic mass is 16.3. The molecule has 5 nitrogen and oxygen atoms in total. The van der Waals surface area contributed by atoms with Gasteiger partial charge in [0.25, 0.3) is 0 Å². The van der Waals surface area contributed by atoms with Gasteiger partial charge in [0, 0.05) is 43.9 Å². The number of nitrogens with zero attached hydrogens (tertiary/aromatic N) is 4. The smallest absolute Gasteiger partial charge is 0.164 e. The zero-order valence-corrected chi connectivity index (χ0v) is 36.3. The molecule has 0 spiro atoms. The third-order valence-electron chi connectivity index (χ3n) is 12.6. The van der Waals surface area contributed by atoms with Crippen LogP contribution in [0.3, 0.4) is 0 Å². The molecule has 0 saturated heterocycles. The molecular weight excluding hydrogens is 781 g/mol. The van der Waals surface area contributed by atoms with E-state index in [1.807, 2.05) is 18.2 Å². The van der Waals surface area contributed by atoms with Crippen molar-refractivity contribution in [3.8, 4) is 62.1 Å². The summed E-state index contributed by atoms with van der Waals surface area (Å²) in [5, 5.41) is 4.73. The van der Waals surface area contributed by atoms with Crippen LogP contribution < -0.4 is 0 Å². The van der Waals surface area contributed by atoms with Crippen LogP contribution in [0.25, 0.3) is 106 Å². The zero-order valence-electron chi connectivity index (χ0n) is 36.3. The summed E-state index contributed by atoms with van der Waals surface area (Å²) in [4.78, 5) is 15.4. The number of para-hydroxylation sites is 2. The molecule has 0 N–H and O–H groups in total. The first-order valence-corrected chi connectivity index (χ1v) is 22.7. The summed E-state index contributed by atoms with van der Waals surface area (Å²) in [6.45, 7) is 4.47. The van der Waals surface area contributed by atoms with Gasteiger partial charge in [-0.2, -0.15) is 0 Å². The summed E-state index contributed by atoms with van der Waals surface area (Å²) in [5.41, 5.74) is 15.4. The lowest BCUT2D eigenvalue weighted by Crippen LogP contribution is -2.01. The Morgan fingerprint density at radius 2 is 0.984 bits per heavy atom. The molecule has 310 valence electrons. The van der Waals surface area contributed by atoms with E-state index < -0.39 is 0 Å². The summed E-state index contributed by atoms with van der Waals surface area (Å²) in [5.74, 6) is 1.90. The SMILES string of the molecule is CCCCc1ccc(-c2cccc(-c3nc(-c4ccccc4)nc(-c4cccc(-n5c6ccccc6c6cc(-c7ccc8oc9c(CCCC)cccc9c8c7)ccc65)c4)n3)c2)cc1. The molecule has 11 aromatic rings. The average Bonchev–Trinajstić information content (AvgIpc) is 3.91. The van der Waals surface area contributed by atoms with Gasteiger partial charge in [-0.15, -0.1) is 0 Å². The number of hydrogen-bond acceptors (Lipinski definition) is 4. The van der Waals surface area contributed by atoms with Gasteiger partial charge < -0.3 is 8.98 Å². The highest BCUT2D eigenvalue weighted by molar-refractivity contribution is 6.11. The maximum atomic E-state index is 6.47. The van der Waals surface area contributed by atoms with Crippen LogP contribution in [0, 0.1) is 0 Å². The largest absolute Gasteiger partial charge is 0.456 e. The Hall–Kier alpha value is -7.63. The van der Waals surface area contributed by atoms with E-state index in [0.29, 0.717) is 17.5 Å². The fourth-order valence-corrected chi connectivity index (χ4v) is 9.25. The Balaban J connectivity index is 0.989. The Morgan fingerprint density at radius 1 is 0.406 bits per heavy atom. The van der Waals surface area contributed by atoms with Crippen molar-refractivity contribution in [2.75, 3.05) is 0 Å². The number of rotatable bonds is 12. The van der Waals surface area contributed by atoms with E-state index in [9.17, 15) is 0 Å². The number of unbranched alkanes of at least 4 members (excludes halogenated alkanes) is 2. The van der Waals surface area contributed by atoms with Crippen molar-refractivity contribution < 1.29 is 4.42 Å². The van der Waals surface area contributed by atoms with Gasteiger partial charge in [-0.05, 0) is 108 Å². The van der Waals surface area contributed by atoms with Gasteiger partial charge in [0.05, 0.1) is 11.0 Å². The van der Waals surface area contributed by atoms with E-state index in [1.165, 1.54) is 56.8 Å². The number of hydrogen-bond donors (Lipinski definition) is 0. The minimum atomic E-state index is 0.624. The quantitative estimate of drug-likeness (QED) is 0.123. The Bertz CT molecular complexity index is 3470. The highest BCUT2D eigenvalue weighted by Crippen LogP contribution is 2.39. The number of fused-ring (bicyclic) bond motifs is 6. The van der Waals surface area contributed by atoms with Crippen molar-refractivity contribution in [2.45, 2.75) is 52.4 Å². The van der Waals surface area contributed by atoms with Crippen molar-refractivity contribution in [1.29, 1.82) is 0 Å². The third-order valence-corrected chi connectivity index (χ3v) is 12.6. The molecule has 0 fully saturated rings. The molecule has 8 aromatic carbocycles. The topological polar surface area (TPSA) is 56.7 Å². The molecule has 0 saturated carbocycles. The van der Waals surface area contributed by atoms with Crippen LogP contribution in [0.5, 0.6) is 0 Å². The molecule has 0 aliphatic rings. The highest BCUT2D eigenvalue weighted by Gasteiger charge is 2.18. The van der Waals surface area contributed by atoms with Gasteiger partial charge in [-0.25, -0.2) is 15.0 Å². The number of benzene rings is 8. The Kier molecular flexibility index (Phi) is 10.4. The second-order valence-corrected chi connectivity index (χ2v) is 16.9. The normalized spacial score (nSPS) is 11.7. The van der Waals surface area contributed by atoms with Crippen molar-refractivity contribution in [1.82, 2.24) is 19.5 Å². The van der Waals surface area contributed by atoms with Gasteiger partial charge >= 0.3 is 0 Å². The van der Waals surface area contributed by atoms with E-state index in [0.717, 1.165) is 81.2 Å². The summed E-state index contributed by atoms with van der Waals surface area (Å²) in [7, 11) is 0. The predicted octanol–water partition coefficient (Wildman–Crippen LogP) is 15.9. The molecule has 0 bridgehead atoms. The first-order valence-electron chi connectivity index (χ1n) is 22.7. The second kappa shape index (κ2) is 16.9. The van der Waals surface area contributed by atoms with E-state index in [4.69, 9.17) is 19.4 Å². The average molecular weight is 829 g/mol. The van der Waals surface area contributed by atoms with E-state index in [-0.39, 0.29) is 0 Å². The van der Waals surface area contributed by atoms with Gasteiger partial charge in [0.2, 0.25) is 0 Å². The van der Waals surface area contributed by atoms with Gasteiger partial charge in [-0.3, -0.25) is 0 Å². The summed E-state index contributed by atoms with van der Waals surface area (Å²) < 4.78 is 8.83.